The lowest BCUT2D eigenvalue weighted by Crippen LogP contribution is -2.19. The molecule has 0 saturated heterocycles. The number of nitrogens with one attached hydrogen (secondary N) is 1. The van der Waals surface area contributed by atoms with E-state index in [9.17, 15) is 0 Å². The molecule has 18 heavy (non-hydrogen) atoms. The van der Waals surface area contributed by atoms with Gasteiger partial charge in [0.15, 0.2) is 0 Å². The molecule has 1 aromatic rings. The van der Waals surface area contributed by atoms with Crippen molar-refractivity contribution in [3.63, 3.8) is 0 Å². The second kappa shape index (κ2) is 15.9. The minimum atomic E-state index is 0. The normalized spacial score (nSPS) is 9.00. The quantitative estimate of drug-likeness (QED) is 0.439. The van der Waals surface area contributed by atoms with Crippen LogP contribution >= 0.6 is 0 Å². The fourth-order valence-electron chi connectivity index (χ4n) is 1.20. The van der Waals surface area contributed by atoms with E-state index >= 15 is 0 Å². The van der Waals surface area contributed by atoms with E-state index in [1.807, 2.05) is 30.3 Å². The van der Waals surface area contributed by atoms with Crippen molar-refractivity contribution in [1.29, 1.82) is 0 Å². The summed E-state index contributed by atoms with van der Waals surface area (Å²) in [6, 6.07) is 9.49. The monoisotopic (exact) mass is 254 g/mol. The van der Waals surface area contributed by atoms with Crippen molar-refractivity contribution in [2.24, 2.45) is 11.5 Å². The van der Waals surface area contributed by atoms with Crippen LogP contribution in [0.25, 0.3) is 0 Å². The zero-order valence-corrected chi connectivity index (χ0v) is 10.6. The van der Waals surface area contributed by atoms with Gasteiger partial charge in [0.1, 0.15) is 0 Å². The molecule has 1 aromatic carbocycles. The van der Waals surface area contributed by atoms with E-state index in [0.717, 1.165) is 44.7 Å². The molecule has 0 aliphatic carbocycles. The second-order valence-electron chi connectivity index (χ2n) is 3.80. The van der Waals surface area contributed by atoms with Gasteiger partial charge in [0.2, 0.25) is 0 Å². The van der Waals surface area contributed by atoms with E-state index in [-0.39, 0.29) is 7.43 Å². The Kier molecular flexibility index (Phi) is 17.0. The van der Waals surface area contributed by atoms with Gasteiger partial charge in [0.05, 0.1) is 0 Å². The van der Waals surface area contributed by atoms with Crippen molar-refractivity contribution < 1.29 is 0 Å². The van der Waals surface area contributed by atoms with Crippen LogP contribution in [-0.2, 0) is 0 Å². The zero-order chi connectivity index (χ0) is 12.8. The summed E-state index contributed by atoms with van der Waals surface area (Å²) in [6.45, 7) is 3.71. The number of benzene rings is 1. The number of nitrogens with two attached hydrogens (primary N) is 3. The molecule has 0 radical (unpaired) electrons. The third-order valence-corrected chi connectivity index (χ3v) is 2.16. The zero-order valence-electron chi connectivity index (χ0n) is 10.6. The molecule has 0 spiro atoms. The molecule has 7 N–H and O–H groups in total. The first-order valence-corrected chi connectivity index (χ1v) is 6.22. The van der Waals surface area contributed by atoms with Crippen LogP contribution in [0.1, 0.15) is 26.7 Å². The third-order valence-electron chi connectivity index (χ3n) is 2.16. The van der Waals surface area contributed by atoms with Crippen LogP contribution in [0.2, 0.25) is 0 Å². The highest BCUT2D eigenvalue weighted by molar-refractivity contribution is 5.35. The van der Waals surface area contributed by atoms with Crippen LogP contribution in [0, 0.1) is 0 Å². The smallest absolute Gasteiger partial charge is 0.0313 e. The fourth-order valence-corrected chi connectivity index (χ4v) is 1.20. The largest absolute Gasteiger partial charge is 0.399 e. The van der Waals surface area contributed by atoms with E-state index in [1.54, 1.807) is 0 Å². The first-order valence-electron chi connectivity index (χ1n) is 6.22. The van der Waals surface area contributed by atoms with Gasteiger partial charge in [-0.05, 0) is 57.6 Å². The highest BCUT2D eigenvalue weighted by atomic mass is 14.8. The molecule has 0 bridgehead atoms. The van der Waals surface area contributed by atoms with Gasteiger partial charge in [0.25, 0.3) is 0 Å². The molecule has 0 aromatic heterocycles. The molecule has 0 unspecified atom stereocenters. The predicted molar refractivity (Wildman–Crippen MR) is 82.4 cm³/mol. The molecule has 1 rings (SSSR count). The maximum Gasteiger partial charge on any atom is 0.0313 e. The summed E-state index contributed by atoms with van der Waals surface area (Å²) in [5, 5.41) is 3.29. The Bertz CT molecular complexity index is 231. The summed E-state index contributed by atoms with van der Waals surface area (Å²) < 4.78 is 0. The maximum absolute atomic E-state index is 5.36. The predicted octanol–water partition coefficient (Wildman–Crippen LogP) is 1.57. The molecule has 106 valence electrons. The number of nitrogen functional groups attached to an aromatic ring is 1. The molecule has 4 heteroatoms. The first-order chi connectivity index (χ1) is 8.31. The highest BCUT2D eigenvalue weighted by Gasteiger charge is 1.85. The summed E-state index contributed by atoms with van der Waals surface area (Å²) in [7, 11) is 0. The number of anilines is 1. The molecular formula is C14H30N4. The molecule has 0 heterocycles. The Balaban J connectivity index is 0. The average molecular weight is 254 g/mol. The van der Waals surface area contributed by atoms with Crippen molar-refractivity contribution in [3.05, 3.63) is 30.3 Å². The van der Waals surface area contributed by atoms with Crippen LogP contribution in [0.4, 0.5) is 5.69 Å². The van der Waals surface area contributed by atoms with Crippen LogP contribution < -0.4 is 22.5 Å². The Hall–Kier alpha value is -1.10. The van der Waals surface area contributed by atoms with E-state index in [1.165, 1.54) is 6.42 Å². The van der Waals surface area contributed by atoms with Gasteiger partial charge in [-0.15, -0.1) is 0 Å². The highest BCUT2D eigenvalue weighted by Crippen LogP contribution is 1.95. The van der Waals surface area contributed by atoms with Crippen LogP contribution in [0.5, 0.6) is 0 Å². The van der Waals surface area contributed by atoms with Gasteiger partial charge < -0.3 is 22.5 Å². The van der Waals surface area contributed by atoms with Gasteiger partial charge >= 0.3 is 0 Å². The summed E-state index contributed by atoms with van der Waals surface area (Å²) in [6.07, 6.45) is 3.37. The standard InChI is InChI=1S/C7H19N3.C6H7N.CH4/c8-4-1-2-6-10-7-3-5-9;7-6-4-2-1-3-5-6;/h10H,1-9H2;1-5H,7H2;1H4. The molecule has 4 nitrogen and oxygen atoms in total. The second-order valence-corrected chi connectivity index (χ2v) is 3.80. The van der Waals surface area contributed by atoms with E-state index in [4.69, 9.17) is 17.2 Å². The van der Waals surface area contributed by atoms with Gasteiger partial charge in [-0.1, -0.05) is 25.6 Å². The SMILES string of the molecule is C.NCCCCNCCCN.Nc1ccccc1. The molecule has 0 amide bonds. The minimum absolute atomic E-state index is 0. The first kappa shape index (κ1) is 19.2. The lowest BCUT2D eigenvalue weighted by molar-refractivity contribution is 0.611. The molecule has 0 fully saturated rings. The molecule has 0 atom stereocenters. The van der Waals surface area contributed by atoms with E-state index < -0.39 is 0 Å². The number of rotatable bonds is 7. The third kappa shape index (κ3) is 14.9. The van der Waals surface area contributed by atoms with Gasteiger partial charge in [-0.25, -0.2) is 0 Å². The van der Waals surface area contributed by atoms with E-state index in [0.29, 0.717) is 0 Å². The number of hydrogen-bond acceptors (Lipinski definition) is 4. The summed E-state index contributed by atoms with van der Waals surface area (Å²) in [5.41, 5.74) is 16.8. The summed E-state index contributed by atoms with van der Waals surface area (Å²) >= 11 is 0. The lowest BCUT2D eigenvalue weighted by atomic mass is 10.3. The molecular weight excluding hydrogens is 224 g/mol. The average Bonchev–Trinajstić information content (AvgIpc) is 2.35. The van der Waals surface area contributed by atoms with Crippen molar-refractivity contribution >= 4 is 5.69 Å². The Morgan fingerprint density at radius 1 is 0.833 bits per heavy atom. The van der Waals surface area contributed by atoms with Crippen LogP contribution in [-0.4, -0.2) is 26.2 Å². The maximum atomic E-state index is 5.36. The number of para-hydroxylation sites is 1. The van der Waals surface area contributed by atoms with Crippen LogP contribution in [0.3, 0.4) is 0 Å². The molecule has 0 aliphatic heterocycles. The van der Waals surface area contributed by atoms with Crippen molar-refractivity contribution in [1.82, 2.24) is 5.32 Å². The van der Waals surface area contributed by atoms with Crippen LogP contribution in [0.15, 0.2) is 30.3 Å². The molecule has 0 aliphatic rings. The van der Waals surface area contributed by atoms with Gasteiger partial charge in [-0.3, -0.25) is 0 Å². The van der Waals surface area contributed by atoms with Crippen molar-refractivity contribution in [2.45, 2.75) is 26.7 Å². The van der Waals surface area contributed by atoms with Gasteiger partial charge in [0, 0.05) is 5.69 Å². The number of hydrogen-bond donors (Lipinski definition) is 4. The Morgan fingerprint density at radius 3 is 1.83 bits per heavy atom. The Labute approximate surface area is 112 Å². The summed E-state index contributed by atoms with van der Waals surface area (Å²) in [5.74, 6) is 0. The van der Waals surface area contributed by atoms with Crippen molar-refractivity contribution in [3.8, 4) is 0 Å². The summed E-state index contributed by atoms with van der Waals surface area (Å²) in [4.78, 5) is 0. The topological polar surface area (TPSA) is 90.1 Å². The lowest BCUT2D eigenvalue weighted by Gasteiger charge is -2.01. The minimum Gasteiger partial charge on any atom is -0.399 e. The fraction of sp³-hybridized carbons (Fsp3) is 0.571. The van der Waals surface area contributed by atoms with E-state index in [2.05, 4.69) is 5.32 Å². The number of unbranched alkanes of at least 4 members (excludes halogenated alkanes) is 1. The Morgan fingerprint density at radius 2 is 1.39 bits per heavy atom. The van der Waals surface area contributed by atoms with Gasteiger partial charge in [-0.2, -0.15) is 0 Å². The molecule has 0 saturated carbocycles. The van der Waals surface area contributed by atoms with Crippen molar-refractivity contribution in [2.75, 3.05) is 31.9 Å².